The Hall–Kier alpha value is -1.26. The summed E-state index contributed by atoms with van der Waals surface area (Å²) in [7, 11) is 0. The van der Waals surface area contributed by atoms with Gasteiger partial charge in [0, 0.05) is 18.1 Å². The van der Waals surface area contributed by atoms with Gasteiger partial charge in [-0.3, -0.25) is 0 Å². The lowest BCUT2D eigenvalue weighted by Gasteiger charge is -2.26. The number of carbonyl (C=O) groups is 1. The molecule has 1 aliphatic rings. The second-order valence-electron chi connectivity index (χ2n) is 7.23. The van der Waals surface area contributed by atoms with Gasteiger partial charge in [-0.15, -0.1) is 0 Å². The van der Waals surface area contributed by atoms with Gasteiger partial charge < -0.3 is 16.0 Å². The first-order valence-corrected chi connectivity index (χ1v) is 8.79. The molecule has 1 fully saturated rings. The fourth-order valence-corrected chi connectivity index (χ4v) is 3.18. The Kier molecular flexibility index (Phi) is 6.72. The van der Waals surface area contributed by atoms with Crippen LogP contribution in [0.2, 0.25) is 5.02 Å². The zero-order valence-electron chi connectivity index (χ0n) is 14.1. The number of nitrogens with one attached hydrogen (secondary N) is 3. The van der Waals surface area contributed by atoms with E-state index in [-0.39, 0.29) is 11.4 Å². The second kappa shape index (κ2) is 8.55. The van der Waals surface area contributed by atoms with Crippen molar-refractivity contribution in [3.63, 3.8) is 0 Å². The average molecular weight is 338 g/mol. The van der Waals surface area contributed by atoms with Crippen molar-refractivity contribution >= 4 is 17.6 Å². The largest absolute Gasteiger partial charge is 0.338 e. The van der Waals surface area contributed by atoms with Gasteiger partial charge in [0.05, 0.1) is 0 Å². The normalized spacial score (nSPS) is 16.1. The van der Waals surface area contributed by atoms with Crippen molar-refractivity contribution in [1.29, 1.82) is 0 Å². The Bertz CT molecular complexity index is 513. The van der Waals surface area contributed by atoms with E-state index in [4.69, 9.17) is 11.6 Å². The number of benzene rings is 1. The zero-order valence-corrected chi connectivity index (χ0v) is 14.9. The van der Waals surface area contributed by atoms with E-state index in [9.17, 15) is 4.79 Å². The molecule has 1 heterocycles. The summed E-state index contributed by atoms with van der Waals surface area (Å²) in [5.74, 6) is 0.599. The summed E-state index contributed by atoms with van der Waals surface area (Å²) in [4.78, 5) is 12.0. The van der Waals surface area contributed by atoms with Crippen LogP contribution in [-0.2, 0) is 6.42 Å². The standard InChI is InChI=1S/C18H28ClN3O/c1-18(2,11-15-4-3-5-16(19)10-15)13-22-17(23)21-12-14-6-8-20-9-7-14/h3-5,10,14,20H,6-9,11-13H2,1-2H3,(H2,21,22,23). The third kappa shape index (κ3) is 6.80. The second-order valence-corrected chi connectivity index (χ2v) is 7.66. The van der Waals surface area contributed by atoms with Crippen molar-refractivity contribution < 1.29 is 4.79 Å². The molecule has 0 saturated carbocycles. The summed E-state index contributed by atoms with van der Waals surface area (Å²) in [6, 6.07) is 7.84. The fraction of sp³-hybridized carbons (Fsp3) is 0.611. The van der Waals surface area contributed by atoms with Gasteiger partial charge in [-0.05, 0) is 61.4 Å². The van der Waals surface area contributed by atoms with E-state index < -0.39 is 0 Å². The molecule has 128 valence electrons. The summed E-state index contributed by atoms with van der Waals surface area (Å²) in [6.07, 6.45) is 3.16. The van der Waals surface area contributed by atoms with Gasteiger partial charge in [0.25, 0.3) is 0 Å². The summed E-state index contributed by atoms with van der Waals surface area (Å²) < 4.78 is 0. The van der Waals surface area contributed by atoms with Crippen LogP contribution in [0.1, 0.15) is 32.3 Å². The number of halogens is 1. The molecule has 0 atom stereocenters. The number of amides is 2. The minimum absolute atomic E-state index is 0.0171. The number of piperidine rings is 1. The van der Waals surface area contributed by atoms with Crippen molar-refractivity contribution in [2.45, 2.75) is 33.1 Å². The van der Waals surface area contributed by atoms with Crippen LogP contribution in [0.25, 0.3) is 0 Å². The summed E-state index contributed by atoms with van der Waals surface area (Å²) in [6.45, 7) is 7.82. The molecule has 1 aliphatic heterocycles. The lowest BCUT2D eigenvalue weighted by molar-refractivity contribution is 0.229. The Morgan fingerprint density at radius 1 is 1.30 bits per heavy atom. The molecule has 3 N–H and O–H groups in total. The van der Waals surface area contributed by atoms with Crippen molar-refractivity contribution in [3.05, 3.63) is 34.9 Å². The van der Waals surface area contributed by atoms with Crippen molar-refractivity contribution in [2.24, 2.45) is 11.3 Å². The van der Waals surface area contributed by atoms with Gasteiger partial charge in [-0.25, -0.2) is 4.79 Å². The molecule has 0 radical (unpaired) electrons. The molecule has 4 nitrogen and oxygen atoms in total. The highest BCUT2D eigenvalue weighted by Gasteiger charge is 2.20. The number of hydrogen-bond acceptors (Lipinski definition) is 2. The lowest BCUT2D eigenvalue weighted by atomic mass is 9.86. The molecular formula is C18H28ClN3O. The third-order valence-electron chi connectivity index (χ3n) is 4.31. The molecule has 2 amide bonds. The van der Waals surface area contributed by atoms with Crippen LogP contribution in [0.15, 0.2) is 24.3 Å². The topological polar surface area (TPSA) is 53.2 Å². The molecule has 0 bridgehead atoms. The zero-order chi connectivity index (χ0) is 16.7. The number of carbonyl (C=O) groups excluding carboxylic acids is 1. The summed E-state index contributed by atoms with van der Waals surface area (Å²) in [5, 5.41) is 10.1. The minimum Gasteiger partial charge on any atom is -0.338 e. The Morgan fingerprint density at radius 2 is 2.04 bits per heavy atom. The third-order valence-corrected chi connectivity index (χ3v) is 4.54. The minimum atomic E-state index is -0.0669. The van der Waals surface area contributed by atoms with Crippen LogP contribution in [-0.4, -0.2) is 32.2 Å². The number of rotatable bonds is 6. The average Bonchev–Trinajstić information content (AvgIpc) is 2.52. The molecule has 1 aromatic carbocycles. The molecule has 0 unspecified atom stereocenters. The molecule has 5 heteroatoms. The predicted molar refractivity (Wildman–Crippen MR) is 95.9 cm³/mol. The number of urea groups is 1. The quantitative estimate of drug-likeness (QED) is 0.746. The lowest BCUT2D eigenvalue weighted by Crippen LogP contribution is -2.44. The van der Waals surface area contributed by atoms with E-state index in [1.54, 1.807) is 0 Å². The summed E-state index contributed by atoms with van der Waals surface area (Å²) >= 11 is 6.03. The van der Waals surface area contributed by atoms with E-state index in [2.05, 4.69) is 35.9 Å². The molecule has 1 aromatic rings. The fourth-order valence-electron chi connectivity index (χ4n) is 2.97. The highest BCUT2D eigenvalue weighted by Crippen LogP contribution is 2.22. The molecule has 2 rings (SSSR count). The van der Waals surface area contributed by atoms with Crippen molar-refractivity contribution in [3.8, 4) is 0 Å². The van der Waals surface area contributed by atoms with Gasteiger partial charge in [0.1, 0.15) is 0 Å². The van der Waals surface area contributed by atoms with E-state index in [1.165, 1.54) is 5.56 Å². The van der Waals surface area contributed by atoms with Crippen LogP contribution in [0.5, 0.6) is 0 Å². The van der Waals surface area contributed by atoms with E-state index in [0.717, 1.165) is 43.9 Å². The van der Waals surface area contributed by atoms with Gasteiger partial charge >= 0.3 is 6.03 Å². The van der Waals surface area contributed by atoms with Gasteiger partial charge in [0.15, 0.2) is 0 Å². The number of hydrogen-bond donors (Lipinski definition) is 3. The van der Waals surface area contributed by atoms with Gasteiger partial charge in [0.2, 0.25) is 0 Å². The van der Waals surface area contributed by atoms with Crippen LogP contribution < -0.4 is 16.0 Å². The monoisotopic (exact) mass is 337 g/mol. The highest BCUT2D eigenvalue weighted by atomic mass is 35.5. The Morgan fingerprint density at radius 3 is 2.74 bits per heavy atom. The van der Waals surface area contributed by atoms with E-state index in [1.807, 2.05) is 18.2 Å². The molecule has 0 aromatic heterocycles. The van der Waals surface area contributed by atoms with Crippen molar-refractivity contribution in [2.75, 3.05) is 26.2 Å². The first-order chi connectivity index (χ1) is 10.9. The summed E-state index contributed by atoms with van der Waals surface area (Å²) in [5.41, 5.74) is 1.18. The van der Waals surface area contributed by atoms with Crippen LogP contribution in [0.3, 0.4) is 0 Å². The smallest absolute Gasteiger partial charge is 0.314 e. The maximum absolute atomic E-state index is 12.0. The van der Waals surface area contributed by atoms with Crippen LogP contribution >= 0.6 is 11.6 Å². The molecule has 23 heavy (non-hydrogen) atoms. The van der Waals surface area contributed by atoms with Crippen molar-refractivity contribution in [1.82, 2.24) is 16.0 Å². The molecule has 0 aliphatic carbocycles. The van der Waals surface area contributed by atoms with Crippen LogP contribution in [0.4, 0.5) is 4.79 Å². The Balaban J connectivity index is 1.71. The maximum atomic E-state index is 12.0. The van der Waals surface area contributed by atoms with E-state index in [0.29, 0.717) is 12.5 Å². The van der Waals surface area contributed by atoms with Gasteiger partial charge in [-0.2, -0.15) is 0 Å². The first kappa shape index (κ1) is 18.1. The molecule has 0 spiro atoms. The van der Waals surface area contributed by atoms with E-state index >= 15 is 0 Å². The predicted octanol–water partition coefficient (Wildman–Crippen LogP) is 3.21. The maximum Gasteiger partial charge on any atom is 0.314 e. The van der Waals surface area contributed by atoms with Crippen LogP contribution in [0, 0.1) is 11.3 Å². The Labute approximate surface area is 144 Å². The SMILES string of the molecule is CC(C)(CNC(=O)NCC1CCNCC1)Cc1cccc(Cl)c1. The highest BCUT2D eigenvalue weighted by molar-refractivity contribution is 6.30. The first-order valence-electron chi connectivity index (χ1n) is 8.41. The molecular weight excluding hydrogens is 310 g/mol. The molecule has 1 saturated heterocycles. The van der Waals surface area contributed by atoms with Gasteiger partial charge in [-0.1, -0.05) is 37.6 Å².